The highest BCUT2D eigenvalue weighted by molar-refractivity contribution is 7.81. The third kappa shape index (κ3) is 6.27. The number of carbonyl (C=O) groups is 1. The van der Waals surface area contributed by atoms with Gasteiger partial charge in [0.1, 0.15) is 0 Å². The topological polar surface area (TPSA) is 49.3 Å². The predicted molar refractivity (Wildman–Crippen MR) is 61.6 cm³/mol. The zero-order valence-corrected chi connectivity index (χ0v) is 9.89. The third-order valence-electron chi connectivity index (χ3n) is 2.03. The van der Waals surface area contributed by atoms with Gasteiger partial charge in [-0.3, -0.25) is 4.79 Å². The van der Waals surface area contributed by atoms with Gasteiger partial charge in [-0.05, 0) is 25.2 Å². The van der Waals surface area contributed by atoms with Gasteiger partial charge in [-0.2, -0.15) is 12.6 Å². The second-order valence-corrected chi connectivity index (χ2v) is 4.32. The Kier molecular flexibility index (Phi) is 7.99. The van der Waals surface area contributed by atoms with Crippen LogP contribution in [-0.4, -0.2) is 29.4 Å². The molecule has 1 amide bonds. The van der Waals surface area contributed by atoms with Gasteiger partial charge in [-0.1, -0.05) is 13.8 Å². The molecule has 0 spiro atoms. The highest BCUT2D eigenvalue weighted by atomic mass is 32.1. The molecule has 0 aliphatic rings. The fourth-order valence-electron chi connectivity index (χ4n) is 1.03. The van der Waals surface area contributed by atoms with Crippen molar-refractivity contribution < 1.29 is 9.90 Å². The third-order valence-corrected chi connectivity index (χ3v) is 2.87. The normalized spacial score (nSPS) is 12.9. The SMILES string of the molecule is CC(C)C(S)C(=O)NCCCCCO. The molecule has 0 rings (SSSR count). The van der Waals surface area contributed by atoms with Crippen LogP contribution < -0.4 is 5.32 Å². The van der Waals surface area contributed by atoms with E-state index in [9.17, 15) is 4.79 Å². The first-order valence-electron chi connectivity index (χ1n) is 5.16. The molecule has 0 saturated carbocycles. The van der Waals surface area contributed by atoms with Gasteiger partial charge in [0.2, 0.25) is 5.91 Å². The van der Waals surface area contributed by atoms with Crippen molar-refractivity contribution in [3.8, 4) is 0 Å². The van der Waals surface area contributed by atoms with Crippen LogP contribution in [0.25, 0.3) is 0 Å². The standard InChI is InChI=1S/C10H21NO2S/c1-8(2)9(14)10(13)11-6-4-3-5-7-12/h8-9,12,14H,3-7H2,1-2H3,(H,11,13). The van der Waals surface area contributed by atoms with Crippen molar-refractivity contribution in [2.24, 2.45) is 5.92 Å². The van der Waals surface area contributed by atoms with E-state index in [-0.39, 0.29) is 23.7 Å². The summed E-state index contributed by atoms with van der Waals surface area (Å²) in [5.74, 6) is 0.267. The van der Waals surface area contributed by atoms with Crippen molar-refractivity contribution in [3.05, 3.63) is 0 Å². The molecule has 2 N–H and O–H groups in total. The van der Waals surface area contributed by atoms with Gasteiger partial charge >= 0.3 is 0 Å². The minimum Gasteiger partial charge on any atom is -0.396 e. The number of thiol groups is 1. The number of unbranched alkanes of at least 4 members (excludes halogenated alkanes) is 2. The number of aliphatic hydroxyl groups is 1. The Labute approximate surface area is 91.7 Å². The largest absolute Gasteiger partial charge is 0.396 e. The summed E-state index contributed by atoms with van der Waals surface area (Å²) in [5.41, 5.74) is 0. The smallest absolute Gasteiger partial charge is 0.233 e. The average molecular weight is 219 g/mol. The van der Waals surface area contributed by atoms with Crippen LogP contribution in [0.2, 0.25) is 0 Å². The van der Waals surface area contributed by atoms with E-state index in [1.54, 1.807) is 0 Å². The maximum Gasteiger partial charge on any atom is 0.233 e. The first-order valence-corrected chi connectivity index (χ1v) is 5.68. The summed E-state index contributed by atoms with van der Waals surface area (Å²) in [5, 5.41) is 11.1. The number of hydrogen-bond acceptors (Lipinski definition) is 3. The lowest BCUT2D eigenvalue weighted by atomic mass is 10.1. The molecule has 0 radical (unpaired) electrons. The average Bonchev–Trinajstić information content (AvgIpc) is 2.16. The van der Waals surface area contributed by atoms with Crippen molar-refractivity contribution in [1.29, 1.82) is 0 Å². The summed E-state index contributed by atoms with van der Waals surface area (Å²) < 4.78 is 0. The fraction of sp³-hybridized carbons (Fsp3) is 0.900. The Morgan fingerprint density at radius 1 is 1.36 bits per heavy atom. The Morgan fingerprint density at radius 2 is 2.00 bits per heavy atom. The molecule has 0 saturated heterocycles. The van der Waals surface area contributed by atoms with E-state index >= 15 is 0 Å². The molecular weight excluding hydrogens is 198 g/mol. The molecule has 3 nitrogen and oxygen atoms in total. The van der Waals surface area contributed by atoms with Crippen molar-refractivity contribution in [2.75, 3.05) is 13.2 Å². The zero-order valence-electron chi connectivity index (χ0n) is 8.99. The van der Waals surface area contributed by atoms with Gasteiger partial charge in [0, 0.05) is 13.2 Å². The van der Waals surface area contributed by atoms with Gasteiger partial charge < -0.3 is 10.4 Å². The van der Waals surface area contributed by atoms with E-state index in [4.69, 9.17) is 5.11 Å². The van der Waals surface area contributed by atoms with Crippen LogP contribution in [-0.2, 0) is 4.79 Å². The monoisotopic (exact) mass is 219 g/mol. The Bertz CT molecular complexity index is 162. The van der Waals surface area contributed by atoms with Crippen LogP contribution >= 0.6 is 12.6 Å². The van der Waals surface area contributed by atoms with E-state index in [0.29, 0.717) is 6.54 Å². The number of carbonyl (C=O) groups excluding carboxylic acids is 1. The summed E-state index contributed by atoms with van der Waals surface area (Å²) >= 11 is 4.21. The lowest BCUT2D eigenvalue weighted by Gasteiger charge is -2.14. The van der Waals surface area contributed by atoms with Gasteiger partial charge in [0.15, 0.2) is 0 Å². The second kappa shape index (κ2) is 8.12. The number of amides is 1. The number of nitrogens with one attached hydrogen (secondary N) is 1. The van der Waals surface area contributed by atoms with Gasteiger partial charge in [-0.25, -0.2) is 0 Å². The van der Waals surface area contributed by atoms with Crippen molar-refractivity contribution in [3.63, 3.8) is 0 Å². The molecule has 0 aliphatic carbocycles. The summed E-state index contributed by atoms with van der Waals surface area (Å²) in [6.07, 6.45) is 2.69. The van der Waals surface area contributed by atoms with Gasteiger partial charge in [0.25, 0.3) is 0 Å². The van der Waals surface area contributed by atoms with Crippen LogP contribution in [0.15, 0.2) is 0 Å². The number of hydrogen-bond donors (Lipinski definition) is 3. The Morgan fingerprint density at radius 3 is 2.50 bits per heavy atom. The molecule has 0 aromatic carbocycles. The molecule has 4 heteroatoms. The lowest BCUT2D eigenvalue weighted by Crippen LogP contribution is -2.34. The molecule has 1 unspecified atom stereocenters. The molecule has 1 atom stereocenters. The molecule has 0 aromatic rings. The lowest BCUT2D eigenvalue weighted by molar-refractivity contribution is -0.121. The number of aliphatic hydroxyl groups excluding tert-OH is 1. The molecule has 14 heavy (non-hydrogen) atoms. The summed E-state index contributed by atoms with van der Waals surface area (Å²) in [4.78, 5) is 11.4. The van der Waals surface area contributed by atoms with E-state index in [1.165, 1.54) is 0 Å². The molecule has 0 fully saturated rings. The molecule has 0 aromatic heterocycles. The Balaban J connectivity index is 3.44. The Hall–Kier alpha value is -0.220. The molecule has 84 valence electrons. The predicted octanol–water partition coefficient (Wildman–Crippen LogP) is 1.22. The van der Waals surface area contributed by atoms with E-state index in [2.05, 4.69) is 17.9 Å². The van der Waals surface area contributed by atoms with E-state index in [1.807, 2.05) is 13.8 Å². The zero-order chi connectivity index (χ0) is 11.0. The highest BCUT2D eigenvalue weighted by Gasteiger charge is 2.16. The van der Waals surface area contributed by atoms with Crippen LogP contribution in [0, 0.1) is 5.92 Å². The minimum atomic E-state index is -0.215. The first kappa shape index (κ1) is 13.8. The van der Waals surface area contributed by atoms with Crippen molar-refractivity contribution in [2.45, 2.75) is 38.4 Å². The second-order valence-electron chi connectivity index (χ2n) is 3.76. The summed E-state index contributed by atoms with van der Waals surface area (Å²) in [7, 11) is 0. The molecule has 0 bridgehead atoms. The van der Waals surface area contributed by atoms with Crippen LogP contribution in [0.1, 0.15) is 33.1 Å². The van der Waals surface area contributed by atoms with E-state index in [0.717, 1.165) is 19.3 Å². The molecule has 0 heterocycles. The van der Waals surface area contributed by atoms with Crippen LogP contribution in [0.3, 0.4) is 0 Å². The van der Waals surface area contributed by atoms with Crippen LogP contribution in [0.4, 0.5) is 0 Å². The fourth-order valence-corrected chi connectivity index (χ4v) is 1.12. The summed E-state index contributed by atoms with van der Waals surface area (Å²) in [6.45, 7) is 4.86. The molecule has 0 aliphatic heterocycles. The van der Waals surface area contributed by atoms with Crippen molar-refractivity contribution in [1.82, 2.24) is 5.32 Å². The maximum atomic E-state index is 11.4. The first-order chi connectivity index (χ1) is 6.59. The van der Waals surface area contributed by atoms with Crippen molar-refractivity contribution >= 4 is 18.5 Å². The van der Waals surface area contributed by atoms with Crippen LogP contribution in [0.5, 0.6) is 0 Å². The van der Waals surface area contributed by atoms with E-state index < -0.39 is 0 Å². The van der Waals surface area contributed by atoms with Gasteiger partial charge in [-0.15, -0.1) is 0 Å². The quantitative estimate of drug-likeness (QED) is 0.445. The minimum absolute atomic E-state index is 0.00679. The highest BCUT2D eigenvalue weighted by Crippen LogP contribution is 2.08. The molecular formula is C10H21NO2S. The maximum absolute atomic E-state index is 11.4. The number of rotatable bonds is 7. The van der Waals surface area contributed by atoms with Gasteiger partial charge in [0.05, 0.1) is 5.25 Å². The summed E-state index contributed by atoms with van der Waals surface area (Å²) in [6, 6.07) is 0.